The summed E-state index contributed by atoms with van der Waals surface area (Å²) in [7, 11) is 4.17. The lowest BCUT2D eigenvalue weighted by atomic mass is 9.93. The van der Waals surface area contributed by atoms with Crippen LogP contribution in [-0.4, -0.2) is 44.8 Å². The molecule has 1 aliphatic heterocycles. The van der Waals surface area contributed by atoms with Crippen LogP contribution in [0.3, 0.4) is 0 Å². The molecular formula is C15H24N2O. The van der Waals surface area contributed by atoms with Crippen LogP contribution in [0.15, 0.2) is 18.2 Å². The highest BCUT2D eigenvalue weighted by molar-refractivity contribution is 5.33. The fourth-order valence-corrected chi connectivity index (χ4v) is 2.83. The van der Waals surface area contributed by atoms with Gasteiger partial charge in [-0.25, -0.2) is 0 Å². The van der Waals surface area contributed by atoms with Gasteiger partial charge in [0, 0.05) is 13.1 Å². The van der Waals surface area contributed by atoms with Gasteiger partial charge in [0.15, 0.2) is 0 Å². The first-order chi connectivity index (χ1) is 8.63. The van der Waals surface area contributed by atoms with Crippen LogP contribution in [0.1, 0.15) is 22.7 Å². The zero-order valence-corrected chi connectivity index (χ0v) is 11.9. The lowest BCUT2D eigenvalue weighted by Crippen LogP contribution is -2.47. The van der Waals surface area contributed by atoms with Crippen molar-refractivity contribution < 1.29 is 4.74 Å². The van der Waals surface area contributed by atoms with Gasteiger partial charge in [-0.05, 0) is 39.1 Å². The molecule has 0 bridgehead atoms. The van der Waals surface area contributed by atoms with Crippen molar-refractivity contribution in [2.75, 3.05) is 33.8 Å². The summed E-state index contributed by atoms with van der Waals surface area (Å²) in [6.07, 6.45) is 0.232. The minimum absolute atomic E-state index is 0.232. The van der Waals surface area contributed by atoms with Crippen LogP contribution in [0.4, 0.5) is 0 Å². The second-order valence-corrected chi connectivity index (χ2v) is 5.25. The topological polar surface area (TPSA) is 24.5 Å². The average Bonchev–Trinajstić information content (AvgIpc) is 2.31. The highest BCUT2D eigenvalue weighted by atomic mass is 16.5. The Balaban J connectivity index is 2.31. The van der Waals surface area contributed by atoms with Gasteiger partial charge >= 0.3 is 0 Å². The van der Waals surface area contributed by atoms with E-state index in [-0.39, 0.29) is 6.10 Å². The summed E-state index contributed by atoms with van der Waals surface area (Å²) in [6.45, 7) is 7.05. The van der Waals surface area contributed by atoms with Gasteiger partial charge in [0.2, 0.25) is 0 Å². The Morgan fingerprint density at radius 1 is 1.39 bits per heavy atom. The lowest BCUT2D eigenvalue weighted by Gasteiger charge is -2.40. The highest BCUT2D eigenvalue weighted by Crippen LogP contribution is 2.30. The van der Waals surface area contributed by atoms with Crippen molar-refractivity contribution in [1.29, 1.82) is 0 Å². The molecule has 1 saturated heterocycles. The summed E-state index contributed by atoms with van der Waals surface area (Å²) in [5.74, 6) is 0. The van der Waals surface area contributed by atoms with E-state index in [2.05, 4.69) is 49.3 Å². The fraction of sp³-hybridized carbons (Fsp3) is 0.600. The smallest absolute Gasteiger partial charge is 0.0896 e. The van der Waals surface area contributed by atoms with E-state index in [0.29, 0.717) is 6.04 Å². The first kappa shape index (κ1) is 13.5. The van der Waals surface area contributed by atoms with Crippen LogP contribution in [0.2, 0.25) is 0 Å². The Morgan fingerprint density at radius 3 is 2.83 bits per heavy atom. The predicted molar refractivity (Wildman–Crippen MR) is 75.0 cm³/mol. The maximum absolute atomic E-state index is 5.94. The van der Waals surface area contributed by atoms with E-state index in [4.69, 9.17) is 4.74 Å². The third-order valence-corrected chi connectivity index (χ3v) is 3.75. The van der Waals surface area contributed by atoms with Crippen LogP contribution in [0.25, 0.3) is 0 Å². The second kappa shape index (κ2) is 5.83. The summed E-state index contributed by atoms with van der Waals surface area (Å²) >= 11 is 0. The molecule has 1 aromatic rings. The van der Waals surface area contributed by atoms with Gasteiger partial charge in [0.05, 0.1) is 18.8 Å². The van der Waals surface area contributed by atoms with Gasteiger partial charge in [-0.2, -0.15) is 0 Å². The molecule has 2 unspecified atom stereocenters. The van der Waals surface area contributed by atoms with Crippen LogP contribution in [0, 0.1) is 13.8 Å². The molecule has 1 aromatic carbocycles. The number of aryl methyl sites for hydroxylation is 2. The second-order valence-electron chi connectivity index (χ2n) is 5.25. The number of nitrogens with zero attached hydrogens (tertiary/aromatic N) is 1. The van der Waals surface area contributed by atoms with E-state index in [1.54, 1.807) is 0 Å². The van der Waals surface area contributed by atoms with E-state index in [1.165, 1.54) is 16.7 Å². The number of nitrogens with one attached hydrogen (secondary N) is 1. The molecule has 3 heteroatoms. The molecule has 1 heterocycles. The third kappa shape index (κ3) is 2.74. The molecular weight excluding hydrogens is 224 g/mol. The molecule has 0 saturated carbocycles. The summed E-state index contributed by atoms with van der Waals surface area (Å²) in [5.41, 5.74) is 4.07. The van der Waals surface area contributed by atoms with E-state index >= 15 is 0 Å². The summed E-state index contributed by atoms with van der Waals surface area (Å²) in [6, 6.07) is 7.06. The lowest BCUT2D eigenvalue weighted by molar-refractivity contribution is -0.0608. The van der Waals surface area contributed by atoms with E-state index < -0.39 is 0 Å². The van der Waals surface area contributed by atoms with Crippen molar-refractivity contribution in [2.45, 2.75) is 26.0 Å². The predicted octanol–water partition coefficient (Wildman–Crippen LogP) is 1.89. The van der Waals surface area contributed by atoms with Crippen molar-refractivity contribution in [3.8, 4) is 0 Å². The van der Waals surface area contributed by atoms with Crippen molar-refractivity contribution in [2.24, 2.45) is 0 Å². The average molecular weight is 248 g/mol. The molecule has 1 aliphatic rings. The van der Waals surface area contributed by atoms with Crippen molar-refractivity contribution >= 4 is 0 Å². The number of ether oxygens (including phenoxy) is 1. The van der Waals surface area contributed by atoms with Gasteiger partial charge in [-0.1, -0.05) is 23.8 Å². The number of morpholine rings is 1. The van der Waals surface area contributed by atoms with Gasteiger partial charge < -0.3 is 10.1 Å². The summed E-state index contributed by atoms with van der Waals surface area (Å²) < 4.78 is 5.94. The normalized spacial score (nSPS) is 25.3. The van der Waals surface area contributed by atoms with Crippen LogP contribution in [0.5, 0.6) is 0 Å². The Bertz CT molecular complexity index is 403. The Hall–Kier alpha value is -0.900. The van der Waals surface area contributed by atoms with Crippen molar-refractivity contribution in [3.05, 3.63) is 34.9 Å². The van der Waals surface area contributed by atoms with Crippen LogP contribution < -0.4 is 5.32 Å². The summed E-state index contributed by atoms with van der Waals surface area (Å²) in [4.78, 5) is 2.41. The first-order valence-corrected chi connectivity index (χ1v) is 6.67. The molecule has 2 atom stereocenters. The van der Waals surface area contributed by atoms with Gasteiger partial charge in [-0.3, -0.25) is 4.90 Å². The zero-order chi connectivity index (χ0) is 13.1. The first-order valence-electron chi connectivity index (χ1n) is 6.67. The molecule has 1 fully saturated rings. The number of benzene rings is 1. The minimum Gasteiger partial charge on any atom is -0.374 e. The molecule has 0 amide bonds. The molecule has 0 spiro atoms. The van der Waals surface area contributed by atoms with Gasteiger partial charge in [0.25, 0.3) is 0 Å². The Labute approximate surface area is 110 Å². The third-order valence-electron chi connectivity index (χ3n) is 3.75. The Morgan fingerprint density at radius 2 is 2.17 bits per heavy atom. The molecule has 0 radical (unpaired) electrons. The van der Waals surface area contributed by atoms with Crippen LogP contribution >= 0.6 is 0 Å². The fourth-order valence-electron chi connectivity index (χ4n) is 2.83. The quantitative estimate of drug-likeness (QED) is 0.884. The number of hydrogen-bond donors (Lipinski definition) is 1. The maximum Gasteiger partial charge on any atom is 0.0896 e. The molecule has 0 aromatic heterocycles. The molecule has 3 nitrogen and oxygen atoms in total. The molecule has 2 rings (SSSR count). The molecule has 0 aliphatic carbocycles. The van der Waals surface area contributed by atoms with Crippen LogP contribution in [-0.2, 0) is 4.74 Å². The molecule has 18 heavy (non-hydrogen) atoms. The van der Waals surface area contributed by atoms with E-state index in [1.807, 2.05) is 7.05 Å². The van der Waals surface area contributed by atoms with E-state index in [9.17, 15) is 0 Å². The highest BCUT2D eigenvalue weighted by Gasteiger charge is 2.31. The van der Waals surface area contributed by atoms with Gasteiger partial charge in [0.1, 0.15) is 0 Å². The van der Waals surface area contributed by atoms with Crippen molar-refractivity contribution in [1.82, 2.24) is 10.2 Å². The SMILES string of the molecule is CNCC1OCCN(C)C1c1ccc(C)cc1C. The Kier molecular flexibility index (Phi) is 4.38. The summed E-state index contributed by atoms with van der Waals surface area (Å²) in [5, 5.41) is 3.24. The number of rotatable bonds is 3. The largest absolute Gasteiger partial charge is 0.374 e. The van der Waals surface area contributed by atoms with E-state index in [0.717, 1.165) is 19.7 Å². The molecule has 1 N–H and O–H groups in total. The minimum atomic E-state index is 0.232. The monoisotopic (exact) mass is 248 g/mol. The standard InChI is InChI=1S/C15H24N2O/c1-11-5-6-13(12(2)9-11)15-14(10-16-3)18-8-7-17(15)4/h5-6,9,14-16H,7-8,10H2,1-4H3. The van der Waals surface area contributed by atoms with Gasteiger partial charge in [-0.15, -0.1) is 0 Å². The number of likely N-dealkylation sites (N-methyl/N-ethyl adjacent to an activating group) is 2. The zero-order valence-electron chi connectivity index (χ0n) is 11.9. The van der Waals surface area contributed by atoms with Crippen molar-refractivity contribution in [3.63, 3.8) is 0 Å². The molecule has 100 valence electrons. The maximum atomic E-state index is 5.94. The number of hydrogen-bond acceptors (Lipinski definition) is 3.